The molecule has 18 heavy (non-hydrogen) atoms. The maximum absolute atomic E-state index is 11.2. The number of nitrogens with zero attached hydrogens (tertiary/aromatic N) is 2. The highest BCUT2D eigenvalue weighted by molar-refractivity contribution is 5.96. The predicted octanol–water partition coefficient (Wildman–Crippen LogP) is 3.07. The zero-order valence-corrected chi connectivity index (χ0v) is 9.75. The van der Waals surface area contributed by atoms with Crippen LogP contribution < -0.4 is 5.32 Å². The van der Waals surface area contributed by atoms with Crippen LogP contribution in [0.4, 0.5) is 11.4 Å². The van der Waals surface area contributed by atoms with Crippen molar-refractivity contribution >= 4 is 22.1 Å². The van der Waals surface area contributed by atoms with Crippen molar-refractivity contribution in [2.24, 2.45) is 0 Å². The number of nitriles is 1. The van der Waals surface area contributed by atoms with E-state index in [0.29, 0.717) is 11.1 Å². The molecule has 0 aliphatic heterocycles. The van der Waals surface area contributed by atoms with E-state index in [-0.39, 0.29) is 5.69 Å². The summed E-state index contributed by atoms with van der Waals surface area (Å²) in [5, 5.41) is 24.1. The van der Waals surface area contributed by atoms with Crippen LogP contribution in [0.2, 0.25) is 0 Å². The van der Waals surface area contributed by atoms with Crippen LogP contribution in [0.1, 0.15) is 6.92 Å². The first kappa shape index (κ1) is 11.9. The molecule has 0 amide bonds. The number of benzene rings is 2. The zero-order chi connectivity index (χ0) is 13.1. The van der Waals surface area contributed by atoms with Crippen LogP contribution in [0.5, 0.6) is 0 Å². The number of nitro groups is 1. The van der Waals surface area contributed by atoms with Crippen LogP contribution in [0.3, 0.4) is 0 Å². The summed E-state index contributed by atoms with van der Waals surface area (Å²) in [5.41, 5.74) is 0.378. The number of hydrogen-bond donors (Lipinski definition) is 1. The molecule has 1 unspecified atom stereocenters. The summed E-state index contributed by atoms with van der Waals surface area (Å²) in [7, 11) is 0. The maximum Gasteiger partial charge on any atom is 0.300 e. The van der Waals surface area contributed by atoms with E-state index in [2.05, 4.69) is 5.32 Å². The molecular weight excluding hydrogens is 230 g/mol. The van der Waals surface area contributed by atoms with E-state index in [4.69, 9.17) is 5.26 Å². The lowest BCUT2D eigenvalue weighted by Gasteiger charge is -2.10. The topological polar surface area (TPSA) is 79.0 Å². The molecule has 1 atom stereocenters. The third kappa shape index (κ3) is 2.09. The number of fused-ring (bicyclic) bond motifs is 1. The molecule has 0 fully saturated rings. The summed E-state index contributed by atoms with van der Waals surface area (Å²) >= 11 is 0. The first-order valence-electron chi connectivity index (χ1n) is 5.46. The smallest absolute Gasteiger partial charge is 0.300 e. The second-order valence-electron chi connectivity index (χ2n) is 3.94. The van der Waals surface area contributed by atoms with Gasteiger partial charge >= 0.3 is 0 Å². The summed E-state index contributed by atoms with van der Waals surface area (Å²) in [6.07, 6.45) is 0. The van der Waals surface area contributed by atoms with Crippen LogP contribution in [0.15, 0.2) is 36.4 Å². The molecule has 2 aromatic carbocycles. The number of hydrogen-bond acceptors (Lipinski definition) is 4. The largest absolute Gasteiger partial charge is 0.364 e. The van der Waals surface area contributed by atoms with Crippen molar-refractivity contribution in [3.05, 3.63) is 46.5 Å². The Labute approximate surface area is 104 Å². The average Bonchev–Trinajstić information content (AvgIpc) is 2.37. The normalized spacial score (nSPS) is 11.8. The second kappa shape index (κ2) is 4.72. The van der Waals surface area contributed by atoms with E-state index in [1.807, 2.05) is 18.2 Å². The lowest BCUT2D eigenvalue weighted by Crippen LogP contribution is -2.13. The molecule has 2 rings (SSSR count). The molecule has 0 bridgehead atoms. The highest BCUT2D eigenvalue weighted by atomic mass is 16.6. The van der Waals surface area contributed by atoms with E-state index in [1.54, 1.807) is 31.2 Å². The minimum absolute atomic E-state index is 0.00944. The van der Waals surface area contributed by atoms with Crippen LogP contribution in [0.25, 0.3) is 10.8 Å². The Morgan fingerprint density at radius 2 is 2.06 bits per heavy atom. The molecule has 0 aliphatic carbocycles. The highest BCUT2D eigenvalue weighted by Gasteiger charge is 2.19. The fourth-order valence-electron chi connectivity index (χ4n) is 1.83. The molecule has 0 saturated heterocycles. The lowest BCUT2D eigenvalue weighted by molar-refractivity contribution is -0.382. The van der Waals surface area contributed by atoms with Crippen molar-refractivity contribution in [1.82, 2.24) is 0 Å². The van der Waals surface area contributed by atoms with Gasteiger partial charge in [0.15, 0.2) is 0 Å². The first-order valence-corrected chi connectivity index (χ1v) is 5.46. The molecule has 90 valence electrons. The van der Waals surface area contributed by atoms with Crippen molar-refractivity contribution < 1.29 is 4.92 Å². The van der Waals surface area contributed by atoms with E-state index >= 15 is 0 Å². The van der Waals surface area contributed by atoms with Crippen molar-refractivity contribution in [2.45, 2.75) is 13.0 Å². The fraction of sp³-hybridized carbons (Fsp3) is 0.154. The Balaban J connectivity index is 2.64. The SMILES string of the molecule is CC(C#N)Nc1ccc2ccccc2c1[N+](=O)[O-]. The maximum atomic E-state index is 11.2. The Hall–Kier alpha value is -2.61. The van der Waals surface area contributed by atoms with Gasteiger partial charge in [-0.15, -0.1) is 0 Å². The first-order chi connectivity index (χ1) is 8.63. The van der Waals surface area contributed by atoms with Crippen LogP contribution >= 0.6 is 0 Å². The number of nitrogens with one attached hydrogen (secondary N) is 1. The lowest BCUT2D eigenvalue weighted by atomic mass is 10.1. The Bertz CT molecular complexity index is 646. The summed E-state index contributed by atoms with van der Waals surface area (Å²) in [4.78, 5) is 10.8. The monoisotopic (exact) mass is 241 g/mol. The minimum Gasteiger partial charge on any atom is -0.364 e. The van der Waals surface area contributed by atoms with Gasteiger partial charge in [-0.05, 0) is 24.4 Å². The summed E-state index contributed by atoms with van der Waals surface area (Å²) in [6, 6.07) is 12.1. The molecule has 5 nitrogen and oxygen atoms in total. The van der Waals surface area contributed by atoms with Gasteiger partial charge in [0.1, 0.15) is 11.7 Å². The third-order valence-electron chi connectivity index (χ3n) is 2.65. The van der Waals surface area contributed by atoms with Gasteiger partial charge in [-0.1, -0.05) is 24.3 Å². The molecule has 0 aliphatic rings. The van der Waals surface area contributed by atoms with E-state index in [1.165, 1.54) is 0 Å². The van der Waals surface area contributed by atoms with Gasteiger partial charge in [-0.2, -0.15) is 5.26 Å². The van der Waals surface area contributed by atoms with Gasteiger partial charge < -0.3 is 5.32 Å². The summed E-state index contributed by atoms with van der Waals surface area (Å²) in [5.74, 6) is 0. The van der Waals surface area contributed by atoms with E-state index in [0.717, 1.165) is 5.39 Å². The zero-order valence-electron chi connectivity index (χ0n) is 9.75. The summed E-state index contributed by atoms with van der Waals surface area (Å²) in [6.45, 7) is 1.65. The predicted molar refractivity (Wildman–Crippen MR) is 69.3 cm³/mol. The van der Waals surface area contributed by atoms with Gasteiger partial charge in [0.25, 0.3) is 5.69 Å². The van der Waals surface area contributed by atoms with E-state index < -0.39 is 11.0 Å². The van der Waals surface area contributed by atoms with Crippen molar-refractivity contribution in [1.29, 1.82) is 5.26 Å². The third-order valence-corrected chi connectivity index (χ3v) is 2.65. The highest BCUT2D eigenvalue weighted by Crippen LogP contribution is 2.33. The van der Waals surface area contributed by atoms with Crippen molar-refractivity contribution in [3.8, 4) is 6.07 Å². The van der Waals surface area contributed by atoms with Crippen LogP contribution in [-0.2, 0) is 0 Å². The molecule has 0 heterocycles. The molecule has 0 aromatic heterocycles. The molecule has 2 aromatic rings. The fourth-order valence-corrected chi connectivity index (χ4v) is 1.83. The van der Waals surface area contributed by atoms with Gasteiger partial charge in [-0.3, -0.25) is 10.1 Å². The van der Waals surface area contributed by atoms with Crippen LogP contribution in [0, 0.1) is 21.4 Å². The second-order valence-corrected chi connectivity index (χ2v) is 3.94. The van der Waals surface area contributed by atoms with Gasteiger partial charge in [0.05, 0.1) is 16.4 Å². The molecule has 5 heteroatoms. The average molecular weight is 241 g/mol. The van der Waals surface area contributed by atoms with Crippen molar-refractivity contribution in [3.63, 3.8) is 0 Å². The Morgan fingerprint density at radius 1 is 1.33 bits per heavy atom. The standard InChI is InChI=1S/C13H11N3O2/c1-9(8-14)15-12-7-6-10-4-2-3-5-11(10)13(12)16(17)18/h2-7,9,15H,1H3. The molecular formula is C13H11N3O2. The van der Waals surface area contributed by atoms with Gasteiger partial charge in [0, 0.05) is 0 Å². The molecule has 1 N–H and O–H groups in total. The summed E-state index contributed by atoms with van der Waals surface area (Å²) < 4.78 is 0. The van der Waals surface area contributed by atoms with Gasteiger partial charge in [0.2, 0.25) is 0 Å². The Morgan fingerprint density at radius 3 is 2.72 bits per heavy atom. The number of rotatable bonds is 3. The number of anilines is 1. The Kier molecular flexibility index (Phi) is 3.11. The molecule has 0 radical (unpaired) electrons. The van der Waals surface area contributed by atoms with Gasteiger partial charge in [-0.25, -0.2) is 0 Å². The van der Waals surface area contributed by atoms with Crippen molar-refractivity contribution in [2.75, 3.05) is 5.32 Å². The van der Waals surface area contributed by atoms with Crippen LogP contribution in [-0.4, -0.2) is 11.0 Å². The van der Waals surface area contributed by atoms with E-state index in [9.17, 15) is 10.1 Å². The minimum atomic E-state index is -0.482. The quantitative estimate of drug-likeness (QED) is 0.661. The molecule has 0 saturated carbocycles. The molecule has 0 spiro atoms. The number of nitro benzene ring substituents is 1.